The monoisotopic (exact) mass is 296 g/mol. The van der Waals surface area contributed by atoms with Crippen LogP contribution in [0.4, 0.5) is 4.39 Å². The van der Waals surface area contributed by atoms with Crippen molar-refractivity contribution in [2.45, 2.75) is 4.90 Å². The van der Waals surface area contributed by atoms with E-state index >= 15 is 0 Å². The molecule has 0 atom stereocenters. The lowest BCUT2D eigenvalue weighted by Gasteiger charge is -2.07. The van der Waals surface area contributed by atoms with Crippen LogP contribution in [0.25, 0.3) is 5.69 Å². The second kappa shape index (κ2) is 5.93. The molecular formula is C12H13FN4O2S. The normalized spacial score (nSPS) is 12.6. The smallest absolute Gasteiger partial charge is 0.182 e. The molecule has 2 rings (SSSR count). The van der Waals surface area contributed by atoms with Crippen LogP contribution in [-0.4, -0.2) is 35.7 Å². The summed E-state index contributed by atoms with van der Waals surface area (Å²) in [6.45, 7) is -0.143. The van der Waals surface area contributed by atoms with Crippen LogP contribution in [0.15, 0.2) is 53.5 Å². The molecular weight excluding hydrogens is 283 g/mol. The van der Waals surface area contributed by atoms with Crippen molar-refractivity contribution in [1.82, 2.24) is 15.0 Å². The van der Waals surface area contributed by atoms with E-state index in [0.29, 0.717) is 5.69 Å². The molecule has 1 aromatic heterocycles. The summed E-state index contributed by atoms with van der Waals surface area (Å²) in [5.74, 6) is -0.448. The zero-order valence-electron chi connectivity index (χ0n) is 10.5. The number of nitrogens with zero attached hydrogens (tertiary/aromatic N) is 3. The predicted octanol–water partition coefficient (Wildman–Crippen LogP) is 0.853. The molecule has 0 aliphatic heterocycles. The number of halogens is 1. The quantitative estimate of drug-likeness (QED) is 0.883. The fraction of sp³-hybridized carbons (Fsp3) is 0.167. The van der Waals surface area contributed by atoms with Crippen molar-refractivity contribution in [3.05, 3.63) is 48.6 Å². The first-order chi connectivity index (χ1) is 9.56. The van der Waals surface area contributed by atoms with E-state index in [1.54, 1.807) is 12.1 Å². The highest BCUT2D eigenvalue weighted by Crippen LogP contribution is 2.17. The highest BCUT2D eigenvalue weighted by molar-refractivity contribution is 7.91. The number of sulfone groups is 1. The van der Waals surface area contributed by atoms with Crippen LogP contribution in [0.3, 0.4) is 0 Å². The molecule has 0 fully saturated rings. The number of aromatic nitrogens is 3. The Hall–Kier alpha value is -2.06. The maximum atomic E-state index is 12.5. The minimum Gasteiger partial charge on any atom is -0.327 e. The lowest BCUT2D eigenvalue weighted by atomic mass is 10.3. The minimum atomic E-state index is -3.65. The second-order valence-corrected chi connectivity index (χ2v) is 6.04. The lowest BCUT2D eigenvalue weighted by Crippen LogP contribution is -2.15. The molecule has 0 saturated heterocycles. The molecule has 0 aliphatic carbocycles. The van der Waals surface area contributed by atoms with Crippen molar-refractivity contribution in [3.63, 3.8) is 0 Å². The Morgan fingerprint density at radius 3 is 2.65 bits per heavy atom. The van der Waals surface area contributed by atoms with Crippen molar-refractivity contribution in [2.75, 3.05) is 12.3 Å². The van der Waals surface area contributed by atoms with Gasteiger partial charge in [0, 0.05) is 6.54 Å². The minimum absolute atomic E-state index is 0.0209. The van der Waals surface area contributed by atoms with Gasteiger partial charge < -0.3 is 5.73 Å². The van der Waals surface area contributed by atoms with Gasteiger partial charge in [0.2, 0.25) is 0 Å². The molecule has 106 valence electrons. The van der Waals surface area contributed by atoms with E-state index in [4.69, 9.17) is 5.73 Å². The highest BCUT2D eigenvalue weighted by Gasteiger charge is 2.17. The van der Waals surface area contributed by atoms with Gasteiger partial charge in [-0.1, -0.05) is 6.07 Å². The molecule has 0 aliphatic rings. The first-order valence-electron chi connectivity index (χ1n) is 5.74. The first-order valence-corrected chi connectivity index (χ1v) is 7.40. The van der Waals surface area contributed by atoms with Crippen LogP contribution in [0.2, 0.25) is 0 Å². The molecule has 0 spiro atoms. The van der Waals surface area contributed by atoms with Gasteiger partial charge in [-0.25, -0.2) is 12.8 Å². The van der Waals surface area contributed by atoms with Gasteiger partial charge in [0.05, 0.1) is 35.1 Å². The van der Waals surface area contributed by atoms with Gasteiger partial charge in [-0.3, -0.25) is 0 Å². The summed E-state index contributed by atoms with van der Waals surface area (Å²) in [4.78, 5) is 1.37. The number of nitrogens with two attached hydrogens (primary N) is 1. The van der Waals surface area contributed by atoms with Crippen LogP contribution in [-0.2, 0) is 9.84 Å². The standard InChI is InChI=1S/C12H13FN4O2S/c13-7-10(8-14)9-20(18,19)12-3-1-2-11(6-12)17-15-4-5-16-17/h1-7H,8-9,14H2/b10-7+. The first kappa shape index (κ1) is 14.4. The van der Waals surface area contributed by atoms with Crippen molar-refractivity contribution in [1.29, 1.82) is 0 Å². The van der Waals surface area contributed by atoms with Gasteiger partial charge in [-0.05, 0) is 23.8 Å². The fourth-order valence-corrected chi connectivity index (χ4v) is 3.03. The number of rotatable bonds is 5. The van der Waals surface area contributed by atoms with Crippen LogP contribution in [0.1, 0.15) is 0 Å². The Kier molecular flexibility index (Phi) is 4.26. The number of benzene rings is 1. The zero-order valence-corrected chi connectivity index (χ0v) is 11.3. The van der Waals surface area contributed by atoms with Gasteiger partial charge in [0.1, 0.15) is 0 Å². The summed E-state index contributed by atoms with van der Waals surface area (Å²) in [5.41, 5.74) is 5.81. The topological polar surface area (TPSA) is 90.9 Å². The van der Waals surface area contributed by atoms with Crippen LogP contribution < -0.4 is 5.73 Å². The van der Waals surface area contributed by atoms with Crippen molar-refractivity contribution >= 4 is 9.84 Å². The predicted molar refractivity (Wildman–Crippen MR) is 71.7 cm³/mol. The summed E-state index contributed by atoms with van der Waals surface area (Å²) in [7, 11) is -3.65. The molecule has 0 saturated carbocycles. The molecule has 2 aromatic rings. The zero-order chi connectivity index (χ0) is 14.6. The summed E-state index contributed by atoms with van der Waals surface area (Å²) < 4.78 is 36.8. The van der Waals surface area contributed by atoms with E-state index in [2.05, 4.69) is 10.2 Å². The molecule has 0 amide bonds. The molecule has 20 heavy (non-hydrogen) atoms. The molecule has 6 nitrogen and oxygen atoms in total. The Labute approximate surface area is 115 Å². The largest absolute Gasteiger partial charge is 0.327 e. The van der Waals surface area contributed by atoms with Gasteiger partial charge in [0.15, 0.2) is 9.84 Å². The fourth-order valence-electron chi connectivity index (χ4n) is 1.61. The highest BCUT2D eigenvalue weighted by atomic mass is 32.2. The average molecular weight is 296 g/mol. The van der Waals surface area contributed by atoms with E-state index in [1.165, 1.54) is 29.3 Å². The molecule has 1 heterocycles. The molecule has 0 radical (unpaired) electrons. The van der Waals surface area contributed by atoms with E-state index in [9.17, 15) is 12.8 Å². The Morgan fingerprint density at radius 2 is 2.05 bits per heavy atom. The van der Waals surface area contributed by atoms with Gasteiger partial charge in [-0.2, -0.15) is 15.0 Å². The molecule has 8 heteroatoms. The summed E-state index contributed by atoms with van der Waals surface area (Å²) in [5, 5.41) is 7.84. The molecule has 0 bridgehead atoms. The van der Waals surface area contributed by atoms with E-state index in [-0.39, 0.29) is 23.3 Å². The average Bonchev–Trinajstić information content (AvgIpc) is 2.99. The van der Waals surface area contributed by atoms with Crippen LogP contribution >= 0.6 is 0 Å². The maximum Gasteiger partial charge on any atom is 0.182 e. The van der Waals surface area contributed by atoms with E-state index in [0.717, 1.165) is 0 Å². The van der Waals surface area contributed by atoms with Gasteiger partial charge in [-0.15, -0.1) is 0 Å². The van der Waals surface area contributed by atoms with Gasteiger partial charge >= 0.3 is 0 Å². The number of hydrogen-bond donors (Lipinski definition) is 1. The SMILES string of the molecule is NC/C(=C\F)CS(=O)(=O)c1cccc(-n2nccn2)c1. The van der Waals surface area contributed by atoms with Crippen molar-refractivity contribution in [2.24, 2.45) is 5.73 Å². The Balaban J connectivity index is 2.36. The molecule has 2 N–H and O–H groups in total. The third kappa shape index (κ3) is 3.09. The second-order valence-electron chi connectivity index (χ2n) is 4.05. The summed E-state index contributed by atoms with van der Waals surface area (Å²) in [6.07, 6.45) is 3.20. The van der Waals surface area contributed by atoms with E-state index < -0.39 is 15.6 Å². The van der Waals surface area contributed by atoms with Gasteiger partial charge in [0.25, 0.3) is 0 Å². The summed E-state index contributed by atoms with van der Waals surface area (Å²) >= 11 is 0. The van der Waals surface area contributed by atoms with Crippen LogP contribution in [0, 0.1) is 0 Å². The number of hydrogen-bond acceptors (Lipinski definition) is 5. The van der Waals surface area contributed by atoms with Crippen molar-refractivity contribution < 1.29 is 12.8 Å². The summed E-state index contributed by atoms with van der Waals surface area (Å²) in [6, 6.07) is 6.12. The van der Waals surface area contributed by atoms with E-state index in [1.807, 2.05) is 0 Å². The molecule has 0 unspecified atom stereocenters. The maximum absolute atomic E-state index is 12.5. The Morgan fingerprint density at radius 1 is 1.35 bits per heavy atom. The third-order valence-electron chi connectivity index (χ3n) is 2.62. The van der Waals surface area contributed by atoms with Crippen LogP contribution in [0.5, 0.6) is 0 Å². The van der Waals surface area contributed by atoms with Crippen molar-refractivity contribution in [3.8, 4) is 5.69 Å². The third-order valence-corrected chi connectivity index (χ3v) is 4.34. The molecule has 1 aromatic carbocycles. The lowest BCUT2D eigenvalue weighted by molar-refractivity contribution is 0.596. The Bertz CT molecular complexity index is 711.